The summed E-state index contributed by atoms with van der Waals surface area (Å²) in [6, 6.07) is 11.5. The Balaban J connectivity index is 1.23. The zero-order chi connectivity index (χ0) is 40.1. The van der Waals surface area contributed by atoms with Gasteiger partial charge in [0.05, 0.1) is 43.5 Å². The highest BCUT2D eigenvalue weighted by Gasteiger charge is 2.47. The summed E-state index contributed by atoms with van der Waals surface area (Å²) in [5.74, 6) is -0.738. The van der Waals surface area contributed by atoms with Crippen molar-refractivity contribution in [2.45, 2.75) is 82.0 Å². The fourth-order valence-corrected chi connectivity index (χ4v) is 12.3. The van der Waals surface area contributed by atoms with Crippen LogP contribution in [-0.4, -0.2) is 90.1 Å². The first-order chi connectivity index (χ1) is 27.4. The number of aryl methyl sites for hydroxylation is 2. The topological polar surface area (TPSA) is 151 Å². The normalized spacial score (nSPS) is 32.4. The number of fused-ring (bicyclic) bond motifs is 5. The Bertz CT molecular complexity index is 2170. The van der Waals surface area contributed by atoms with Crippen molar-refractivity contribution in [3.05, 3.63) is 69.9 Å². The summed E-state index contributed by atoms with van der Waals surface area (Å²) in [7, 11) is 1.03. The maximum absolute atomic E-state index is 15.1. The van der Waals surface area contributed by atoms with Crippen LogP contribution in [0.3, 0.4) is 0 Å². The largest absolute Gasteiger partial charge is 0.490 e. The summed E-state index contributed by atoms with van der Waals surface area (Å²) in [5.41, 5.74) is 3.25. The van der Waals surface area contributed by atoms with Crippen LogP contribution in [-0.2, 0) is 43.1 Å². The van der Waals surface area contributed by atoms with Crippen molar-refractivity contribution in [2.75, 3.05) is 44.6 Å². The van der Waals surface area contributed by atoms with Crippen LogP contribution < -0.4 is 19.1 Å². The molecular weight excluding hydrogens is 770 g/mol. The average molecular weight is 822 g/mol. The zero-order valence-electron chi connectivity index (χ0n) is 33.0. The Morgan fingerprint density at radius 3 is 2.75 bits per heavy atom. The van der Waals surface area contributed by atoms with Gasteiger partial charge in [-0.25, -0.2) is 4.21 Å². The van der Waals surface area contributed by atoms with E-state index in [1.165, 1.54) is 29.1 Å². The minimum atomic E-state index is -3.78. The van der Waals surface area contributed by atoms with E-state index in [0.29, 0.717) is 37.7 Å². The second-order valence-electron chi connectivity index (χ2n) is 16.8. The number of hydrogen-bond donors (Lipinski definition) is 1. The Morgan fingerprint density at radius 2 is 2.00 bits per heavy atom. The van der Waals surface area contributed by atoms with E-state index in [1.54, 1.807) is 26.3 Å². The number of aldehydes is 1. The molecule has 3 aromatic rings. The molecule has 9 atom stereocenters. The molecule has 2 aromatic carbocycles. The van der Waals surface area contributed by atoms with Gasteiger partial charge in [0.25, 0.3) is 11.8 Å². The molecule has 1 N–H and O–H groups in total. The van der Waals surface area contributed by atoms with Gasteiger partial charge >= 0.3 is 0 Å². The molecule has 1 saturated heterocycles. The quantitative estimate of drug-likeness (QED) is 0.296. The van der Waals surface area contributed by atoms with Crippen LogP contribution in [0.1, 0.15) is 83.7 Å². The van der Waals surface area contributed by atoms with E-state index in [0.717, 1.165) is 55.6 Å². The Kier molecular flexibility index (Phi) is 11.2. The molecule has 0 radical (unpaired) electrons. The molecule has 2 aliphatic carbocycles. The van der Waals surface area contributed by atoms with Crippen LogP contribution in [0.25, 0.3) is 0 Å². The fourth-order valence-electron chi connectivity index (χ4n) is 10.2. The van der Waals surface area contributed by atoms with Crippen LogP contribution in [0.4, 0.5) is 5.69 Å². The molecule has 8 rings (SSSR count). The molecule has 3 aliphatic heterocycles. The number of nitrogens with zero attached hydrogens (tertiary/aromatic N) is 4. The van der Waals surface area contributed by atoms with Gasteiger partial charge in [0.15, 0.2) is 0 Å². The smallest absolute Gasteiger partial charge is 0.286 e. The van der Waals surface area contributed by atoms with Crippen molar-refractivity contribution in [3.63, 3.8) is 0 Å². The number of ether oxygens (including phenoxy) is 4. The van der Waals surface area contributed by atoms with Crippen LogP contribution in [0.2, 0.25) is 5.02 Å². The summed E-state index contributed by atoms with van der Waals surface area (Å²) in [6.45, 7) is 3.78. The van der Waals surface area contributed by atoms with Crippen molar-refractivity contribution >= 4 is 45.3 Å². The number of amides is 2. The van der Waals surface area contributed by atoms with Crippen LogP contribution in [0, 0.1) is 23.7 Å². The summed E-state index contributed by atoms with van der Waals surface area (Å²) in [4.78, 5) is 42.2. The van der Waals surface area contributed by atoms with Crippen LogP contribution in [0.5, 0.6) is 11.6 Å². The average Bonchev–Trinajstić information content (AvgIpc) is 3.72. The third-order valence-corrected chi connectivity index (χ3v) is 15.2. The molecular formula is C42H52ClN5O8S. The molecule has 306 valence electrons. The number of nitrogens with one attached hydrogen (secondary N) is 1. The van der Waals surface area contributed by atoms with E-state index < -0.39 is 33.8 Å². The first kappa shape index (κ1) is 39.8. The van der Waals surface area contributed by atoms with E-state index in [-0.39, 0.29) is 58.6 Å². The van der Waals surface area contributed by atoms with Gasteiger partial charge in [0.2, 0.25) is 5.88 Å². The van der Waals surface area contributed by atoms with Gasteiger partial charge in [0.1, 0.15) is 27.5 Å². The van der Waals surface area contributed by atoms with Gasteiger partial charge in [0, 0.05) is 55.9 Å². The number of anilines is 1. The molecule has 1 aromatic heterocycles. The van der Waals surface area contributed by atoms with E-state index in [1.807, 2.05) is 19.1 Å². The third-order valence-electron chi connectivity index (χ3n) is 13.0. The highest BCUT2D eigenvalue weighted by Crippen LogP contribution is 2.48. The summed E-state index contributed by atoms with van der Waals surface area (Å²) in [6.07, 6.45) is 8.09. The number of halogens is 1. The molecule has 1 spiro atoms. The predicted molar refractivity (Wildman–Crippen MR) is 215 cm³/mol. The van der Waals surface area contributed by atoms with Crippen LogP contribution in [0.15, 0.2) is 47.0 Å². The molecule has 2 amide bonds. The molecule has 57 heavy (non-hydrogen) atoms. The lowest BCUT2D eigenvalue weighted by molar-refractivity contribution is -0.110. The van der Waals surface area contributed by atoms with E-state index in [4.69, 9.17) is 30.5 Å². The molecule has 4 heterocycles. The number of carbonyl (C=O) groups is 3. The van der Waals surface area contributed by atoms with Crippen LogP contribution >= 0.6 is 11.6 Å². The van der Waals surface area contributed by atoms with Crippen molar-refractivity contribution in [1.82, 2.24) is 14.5 Å². The molecule has 15 heteroatoms. The molecule has 2 bridgehead atoms. The summed E-state index contributed by atoms with van der Waals surface area (Å²) < 4.78 is 48.3. The maximum atomic E-state index is 15.1. The second kappa shape index (κ2) is 16.0. The van der Waals surface area contributed by atoms with Crippen molar-refractivity contribution in [2.24, 2.45) is 35.1 Å². The van der Waals surface area contributed by atoms with Gasteiger partial charge in [-0.15, -0.1) is 9.46 Å². The van der Waals surface area contributed by atoms with E-state index in [9.17, 15) is 14.4 Å². The van der Waals surface area contributed by atoms with E-state index in [2.05, 4.69) is 31.2 Å². The summed E-state index contributed by atoms with van der Waals surface area (Å²) in [5, 5.41) is 4.90. The number of rotatable bonds is 6. The molecule has 5 aliphatic rings. The fraction of sp³-hybridized carbons (Fsp3) is 0.571. The number of methoxy groups -OCH3 is 2. The zero-order valence-corrected chi connectivity index (χ0v) is 34.6. The standard InChI is InChI=1S/C42H52ClN5O8S/c1-25-22-57(52,46-40(51)33-21-47(2)44-41(33)54-4)45-39(50)27-8-12-36-35(18-27)48(23-42(24-55-36)14-5-6-26-16-30(43)9-11-34(26)42)20-28-7-10-32(28)37(53-3)19-29-17-31(13-15-49)56-38(25)29/h8-9,11-12,15-16,18,21,25,28-29,31-32,37-38H,5-7,10,13-14,17,19-20,22-24H2,1-4H3,(H,45,46,50,51,52)/t25-,28+,29-,31-,32-,37+,38-,42+,57+/m1/s1. The van der Waals surface area contributed by atoms with E-state index >= 15 is 4.21 Å². The van der Waals surface area contributed by atoms with Crippen molar-refractivity contribution < 1.29 is 37.5 Å². The number of benzene rings is 2. The number of aromatic nitrogens is 2. The number of hydrogen-bond acceptors (Lipinski definition) is 10. The first-order valence-electron chi connectivity index (χ1n) is 20.0. The highest BCUT2D eigenvalue weighted by atomic mass is 35.5. The highest BCUT2D eigenvalue weighted by molar-refractivity contribution is 7.92. The number of carbonyl (C=O) groups excluding carboxylic acids is 3. The van der Waals surface area contributed by atoms with Crippen molar-refractivity contribution in [3.8, 4) is 11.6 Å². The lowest BCUT2D eigenvalue weighted by atomic mass is 9.67. The van der Waals surface area contributed by atoms with Gasteiger partial charge in [-0.3, -0.25) is 19.0 Å². The lowest BCUT2D eigenvalue weighted by Gasteiger charge is -2.47. The van der Waals surface area contributed by atoms with Gasteiger partial charge < -0.3 is 28.6 Å². The minimum Gasteiger partial charge on any atom is -0.490 e. The molecule has 2 fully saturated rings. The van der Waals surface area contributed by atoms with Gasteiger partial charge in [-0.05, 0) is 110 Å². The van der Waals surface area contributed by atoms with Gasteiger partial charge in [-0.1, -0.05) is 24.6 Å². The summed E-state index contributed by atoms with van der Waals surface area (Å²) >= 11 is 6.49. The molecule has 1 saturated carbocycles. The minimum absolute atomic E-state index is 0.0164. The molecule has 0 unspecified atom stereocenters. The first-order valence-corrected chi connectivity index (χ1v) is 22.1. The maximum Gasteiger partial charge on any atom is 0.286 e. The Hall–Kier alpha value is -3.98. The Labute approximate surface area is 339 Å². The Morgan fingerprint density at radius 1 is 1.16 bits per heavy atom. The lowest BCUT2D eigenvalue weighted by Crippen LogP contribution is -2.50. The SMILES string of the molecule is COc1nn(C)cc1C(=O)N[S@@]1(=O)=NC(=O)c2ccc3c(c2)N(C[C@@H]2CC[C@H]2[C@@H](OC)C[C@H]2C[C@@H](CC=O)O[C@@H]2[C@H](C)C1)C[C@@]1(CCCc2cc(Cl)ccc21)CO3. The third kappa shape index (κ3) is 7.82. The molecule has 13 nitrogen and oxygen atoms in total. The van der Waals surface area contributed by atoms with Crippen molar-refractivity contribution in [1.29, 1.82) is 0 Å². The predicted octanol–water partition coefficient (Wildman–Crippen LogP) is 5.95. The van der Waals surface area contributed by atoms with Gasteiger partial charge in [-0.2, -0.15) is 0 Å². The monoisotopic (exact) mass is 821 g/mol. The second-order valence-corrected chi connectivity index (χ2v) is 19.2.